The van der Waals surface area contributed by atoms with E-state index in [1.807, 2.05) is 0 Å². The fraction of sp³-hybridized carbons (Fsp3) is 0.273. The van der Waals surface area contributed by atoms with Gasteiger partial charge in [0.25, 0.3) is 5.91 Å². The number of amides is 1. The number of carbonyl (C=O) groups is 2. The second kappa shape index (κ2) is 5.77. The van der Waals surface area contributed by atoms with Gasteiger partial charge in [-0.1, -0.05) is 5.92 Å². The smallest absolute Gasteiger partial charge is 0.323 e. The summed E-state index contributed by atoms with van der Waals surface area (Å²) in [7, 11) is -2.51. The van der Waals surface area contributed by atoms with Crippen molar-refractivity contribution >= 4 is 21.9 Å². The van der Waals surface area contributed by atoms with E-state index < -0.39 is 28.4 Å². The number of rotatable bonds is 5. The molecule has 0 bridgehead atoms. The molecule has 9 heteroatoms. The number of hydrogen-bond acceptors (Lipinski definition) is 4. The Balaban J connectivity index is 3.16. The molecule has 108 valence electrons. The summed E-state index contributed by atoms with van der Waals surface area (Å²) in [5.41, 5.74) is -0.0227. The Morgan fingerprint density at radius 2 is 2.15 bits per heavy atom. The van der Waals surface area contributed by atoms with E-state index in [1.54, 1.807) is 0 Å². The van der Waals surface area contributed by atoms with Gasteiger partial charge in [-0.3, -0.25) is 9.59 Å². The predicted octanol–water partition coefficient (Wildman–Crippen LogP) is -1.17. The fourth-order valence-corrected chi connectivity index (χ4v) is 2.12. The van der Waals surface area contributed by atoms with Crippen LogP contribution in [0, 0.1) is 12.3 Å². The standard InChI is InChI=1S/C11H13N3O5S/c1-3-4-14(7-10(15)16)11(17)9-5-8(6-13(9)2)20(12,18)19/h1,5-6H,4,7H2,2H3,(H,15,16)(H2,12,18,19). The van der Waals surface area contributed by atoms with Crippen molar-refractivity contribution in [2.24, 2.45) is 12.2 Å². The SMILES string of the molecule is C#CCN(CC(=O)O)C(=O)c1cc(S(N)(=O)=O)cn1C. The third-order valence-electron chi connectivity index (χ3n) is 2.42. The fourth-order valence-electron chi connectivity index (χ4n) is 1.54. The molecule has 20 heavy (non-hydrogen) atoms. The largest absolute Gasteiger partial charge is 0.480 e. The molecule has 8 nitrogen and oxygen atoms in total. The Morgan fingerprint density at radius 1 is 1.55 bits per heavy atom. The number of aromatic nitrogens is 1. The van der Waals surface area contributed by atoms with Crippen LogP contribution in [0.25, 0.3) is 0 Å². The Labute approximate surface area is 115 Å². The molecule has 0 atom stereocenters. The number of carboxylic acids is 1. The molecule has 0 spiro atoms. The van der Waals surface area contributed by atoms with E-state index in [2.05, 4.69) is 5.92 Å². The van der Waals surface area contributed by atoms with Crippen molar-refractivity contribution in [3.8, 4) is 12.3 Å². The summed E-state index contributed by atoms with van der Waals surface area (Å²) >= 11 is 0. The zero-order valence-corrected chi connectivity index (χ0v) is 11.4. The maximum Gasteiger partial charge on any atom is 0.323 e. The van der Waals surface area contributed by atoms with Crippen LogP contribution in [0.1, 0.15) is 10.5 Å². The van der Waals surface area contributed by atoms with Crippen molar-refractivity contribution in [3.05, 3.63) is 18.0 Å². The molecule has 0 saturated carbocycles. The highest BCUT2D eigenvalue weighted by Gasteiger charge is 2.23. The summed E-state index contributed by atoms with van der Waals surface area (Å²) in [6.07, 6.45) is 6.24. The maximum absolute atomic E-state index is 12.1. The minimum atomic E-state index is -3.95. The van der Waals surface area contributed by atoms with Crippen molar-refractivity contribution in [2.45, 2.75) is 4.90 Å². The molecule has 0 unspecified atom stereocenters. The van der Waals surface area contributed by atoms with E-state index in [-0.39, 0.29) is 17.1 Å². The van der Waals surface area contributed by atoms with Gasteiger partial charge in [-0.15, -0.1) is 6.42 Å². The Hall–Kier alpha value is -2.31. The molecule has 0 aliphatic rings. The zero-order chi connectivity index (χ0) is 15.5. The van der Waals surface area contributed by atoms with Crippen LogP contribution in [0.3, 0.4) is 0 Å². The number of sulfonamides is 1. The molecule has 0 aliphatic carbocycles. The number of nitrogens with zero attached hydrogens (tertiary/aromatic N) is 2. The topological polar surface area (TPSA) is 123 Å². The Bertz CT molecular complexity index is 683. The van der Waals surface area contributed by atoms with E-state index in [0.717, 1.165) is 17.2 Å². The molecule has 0 radical (unpaired) electrons. The van der Waals surface area contributed by atoms with Gasteiger partial charge in [0.05, 0.1) is 6.54 Å². The monoisotopic (exact) mass is 299 g/mol. The van der Waals surface area contributed by atoms with E-state index in [9.17, 15) is 18.0 Å². The number of nitrogens with two attached hydrogens (primary N) is 1. The molecule has 0 saturated heterocycles. The molecule has 1 aromatic heterocycles. The van der Waals surface area contributed by atoms with Crippen LogP contribution in [-0.2, 0) is 21.9 Å². The highest BCUT2D eigenvalue weighted by molar-refractivity contribution is 7.89. The first-order valence-electron chi connectivity index (χ1n) is 5.30. The summed E-state index contributed by atoms with van der Waals surface area (Å²) in [6.45, 7) is -0.792. The second-order valence-corrected chi connectivity index (χ2v) is 5.54. The maximum atomic E-state index is 12.1. The lowest BCUT2D eigenvalue weighted by molar-refractivity contribution is -0.137. The van der Waals surface area contributed by atoms with Crippen molar-refractivity contribution in [3.63, 3.8) is 0 Å². The second-order valence-electron chi connectivity index (χ2n) is 3.98. The molecular formula is C11H13N3O5S. The average molecular weight is 299 g/mol. The Kier molecular flexibility index (Phi) is 4.54. The van der Waals surface area contributed by atoms with Gasteiger partial charge in [0, 0.05) is 13.2 Å². The Morgan fingerprint density at radius 3 is 2.55 bits per heavy atom. The van der Waals surface area contributed by atoms with E-state index in [4.69, 9.17) is 16.7 Å². The lowest BCUT2D eigenvalue weighted by Gasteiger charge is -2.17. The van der Waals surface area contributed by atoms with Gasteiger partial charge in [-0.25, -0.2) is 13.6 Å². The number of hydrogen-bond donors (Lipinski definition) is 2. The summed E-state index contributed by atoms with van der Waals surface area (Å²) in [5.74, 6) is 0.251. The summed E-state index contributed by atoms with van der Waals surface area (Å²) in [6, 6.07) is 1.07. The van der Waals surface area contributed by atoms with Gasteiger partial charge in [-0.2, -0.15) is 0 Å². The molecule has 0 aliphatic heterocycles. The van der Waals surface area contributed by atoms with Crippen LogP contribution in [0.5, 0.6) is 0 Å². The molecule has 1 rings (SSSR count). The first-order valence-corrected chi connectivity index (χ1v) is 6.85. The lowest BCUT2D eigenvalue weighted by Crippen LogP contribution is -2.36. The molecule has 3 N–H and O–H groups in total. The third-order valence-corrected chi connectivity index (χ3v) is 3.30. The van der Waals surface area contributed by atoms with Crippen molar-refractivity contribution < 1.29 is 23.1 Å². The minimum absolute atomic E-state index is 0.0227. The van der Waals surface area contributed by atoms with Gasteiger partial charge in [0.2, 0.25) is 10.0 Å². The molecule has 1 amide bonds. The van der Waals surface area contributed by atoms with E-state index in [0.29, 0.717) is 0 Å². The highest BCUT2D eigenvalue weighted by Crippen LogP contribution is 2.13. The van der Waals surface area contributed by atoms with Gasteiger partial charge in [0.15, 0.2) is 0 Å². The number of carbonyl (C=O) groups excluding carboxylic acids is 1. The molecule has 1 heterocycles. The predicted molar refractivity (Wildman–Crippen MR) is 69.2 cm³/mol. The third kappa shape index (κ3) is 3.59. The van der Waals surface area contributed by atoms with Gasteiger partial charge >= 0.3 is 5.97 Å². The van der Waals surface area contributed by atoms with Crippen molar-refractivity contribution in [2.75, 3.05) is 13.1 Å². The number of primary sulfonamides is 1. The molecule has 1 aromatic rings. The number of carboxylic acid groups (broad SMARTS) is 1. The quantitative estimate of drug-likeness (QED) is 0.663. The van der Waals surface area contributed by atoms with Crippen LogP contribution in [0.15, 0.2) is 17.2 Å². The number of aliphatic carboxylic acids is 1. The van der Waals surface area contributed by atoms with Crippen LogP contribution >= 0.6 is 0 Å². The zero-order valence-electron chi connectivity index (χ0n) is 10.6. The van der Waals surface area contributed by atoms with Crippen LogP contribution in [-0.4, -0.2) is 48.0 Å². The normalized spacial score (nSPS) is 10.8. The van der Waals surface area contributed by atoms with Crippen LogP contribution < -0.4 is 5.14 Å². The van der Waals surface area contributed by atoms with Gasteiger partial charge < -0.3 is 14.6 Å². The van der Waals surface area contributed by atoms with Crippen LogP contribution in [0.2, 0.25) is 0 Å². The summed E-state index contributed by atoms with van der Waals surface area (Å²) in [5, 5.41) is 13.7. The summed E-state index contributed by atoms with van der Waals surface area (Å²) < 4.78 is 23.7. The first-order chi connectivity index (χ1) is 9.16. The molecule has 0 aromatic carbocycles. The number of terminal acetylenes is 1. The summed E-state index contributed by atoms with van der Waals surface area (Å²) in [4.78, 5) is 23.5. The van der Waals surface area contributed by atoms with Gasteiger partial charge in [-0.05, 0) is 6.07 Å². The molecule has 0 fully saturated rings. The van der Waals surface area contributed by atoms with E-state index in [1.165, 1.54) is 11.6 Å². The minimum Gasteiger partial charge on any atom is -0.480 e. The molecular weight excluding hydrogens is 286 g/mol. The van der Waals surface area contributed by atoms with Crippen LogP contribution in [0.4, 0.5) is 0 Å². The average Bonchev–Trinajstić information content (AvgIpc) is 2.69. The first kappa shape index (κ1) is 15.7. The van der Waals surface area contributed by atoms with Crippen molar-refractivity contribution in [1.82, 2.24) is 9.47 Å². The lowest BCUT2D eigenvalue weighted by atomic mass is 10.3. The van der Waals surface area contributed by atoms with Crippen molar-refractivity contribution in [1.29, 1.82) is 0 Å². The number of aryl methyl sites for hydroxylation is 1. The van der Waals surface area contributed by atoms with E-state index >= 15 is 0 Å². The highest BCUT2D eigenvalue weighted by atomic mass is 32.2. The van der Waals surface area contributed by atoms with Gasteiger partial charge in [0.1, 0.15) is 17.1 Å².